The SMILES string of the molecule is Cc1csc(CS(=O)c2ccccc2F)n1. The zero-order chi connectivity index (χ0) is 11.5. The highest BCUT2D eigenvalue weighted by molar-refractivity contribution is 7.84. The molecule has 0 aliphatic carbocycles. The van der Waals surface area contributed by atoms with Crippen molar-refractivity contribution in [2.24, 2.45) is 0 Å². The minimum atomic E-state index is -1.36. The Balaban J connectivity index is 2.18. The number of halogens is 1. The van der Waals surface area contributed by atoms with Gasteiger partial charge in [-0.05, 0) is 19.1 Å². The molecular formula is C11H10FNOS2. The van der Waals surface area contributed by atoms with Crippen LogP contribution in [-0.2, 0) is 16.6 Å². The second-order valence-corrected chi connectivity index (χ2v) is 5.67. The second kappa shape index (κ2) is 4.84. The maximum atomic E-state index is 13.3. The fourth-order valence-corrected chi connectivity index (χ4v) is 3.40. The molecule has 0 saturated heterocycles. The molecule has 2 aromatic rings. The number of rotatable bonds is 3. The Hall–Kier alpha value is -1.07. The van der Waals surface area contributed by atoms with Crippen molar-refractivity contribution in [3.8, 4) is 0 Å². The standard InChI is InChI=1S/C11H10FNOS2/c1-8-6-15-11(13-8)7-16(14)10-5-3-2-4-9(10)12/h2-6H,7H2,1H3. The molecule has 2 rings (SSSR count). The van der Waals surface area contributed by atoms with Crippen LogP contribution < -0.4 is 0 Å². The van der Waals surface area contributed by atoms with Gasteiger partial charge in [-0.2, -0.15) is 0 Å². The van der Waals surface area contributed by atoms with Crippen LogP contribution in [-0.4, -0.2) is 9.19 Å². The highest BCUT2D eigenvalue weighted by Gasteiger charge is 2.11. The summed E-state index contributed by atoms with van der Waals surface area (Å²) >= 11 is 1.45. The summed E-state index contributed by atoms with van der Waals surface area (Å²) in [6.07, 6.45) is 0. The van der Waals surface area contributed by atoms with Crippen molar-refractivity contribution in [1.29, 1.82) is 0 Å². The molecule has 0 aliphatic heterocycles. The molecule has 5 heteroatoms. The molecule has 0 spiro atoms. The molecule has 1 aromatic heterocycles. The van der Waals surface area contributed by atoms with Gasteiger partial charge in [-0.25, -0.2) is 9.37 Å². The van der Waals surface area contributed by atoms with Gasteiger partial charge in [0.15, 0.2) is 0 Å². The molecule has 0 radical (unpaired) electrons. The molecular weight excluding hydrogens is 245 g/mol. The monoisotopic (exact) mass is 255 g/mol. The summed E-state index contributed by atoms with van der Waals surface area (Å²) in [6.45, 7) is 1.88. The van der Waals surface area contributed by atoms with Crippen LogP contribution in [0.25, 0.3) is 0 Å². The molecule has 0 amide bonds. The smallest absolute Gasteiger partial charge is 0.139 e. The first kappa shape index (κ1) is 11.4. The fourth-order valence-electron chi connectivity index (χ4n) is 1.29. The first-order valence-electron chi connectivity index (χ1n) is 4.71. The van der Waals surface area contributed by atoms with Crippen LogP contribution in [0.4, 0.5) is 4.39 Å². The van der Waals surface area contributed by atoms with E-state index in [0.29, 0.717) is 0 Å². The Morgan fingerprint density at radius 1 is 1.44 bits per heavy atom. The van der Waals surface area contributed by atoms with Gasteiger partial charge in [0.1, 0.15) is 10.8 Å². The lowest BCUT2D eigenvalue weighted by molar-refractivity contribution is 0.595. The van der Waals surface area contributed by atoms with Crippen molar-refractivity contribution in [3.05, 3.63) is 46.2 Å². The number of thiazole rings is 1. The van der Waals surface area contributed by atoms with E-state index >= 15 is 0 Å². The van der Waals surface area contributed by atoms with E-state index in [0.717, 1.165) is 10.7 Å². The first-order valence-corrected chi connectivity index (χ1v) is 6.90. The summed E-state index contributed by atoms with van der Waals surface area (Å²) in [5.74, 6) is -0.145. The van der Waals surface area contributed by atoms with Crippen LogP contribution in [0.3, 0.4) is 0 Å². The lowest BCUT2D eigenvalue weighted by Crippen LogP contribution is -1.98. The maximum Gasteiger partial charge on any atom is 0.139 e. The Bertz CT molecular complexity index is 524. The largest absolute Gasteiger partial charge is 0.254 e. The van der Waals surface area contributed by atoms with Gasteiger partial charge >= 0.3 is 0 Å². The molecule has 1 heterocycles. The van der Waals surface area contributed by atoms with Crippen molar-refractivity contribution >= 4 is 22.1 Å². The molecule has 1 unspecified atom stereocenters. The van der Waals surface area contributed by atoms with Gasteiger partial charge < -0.3 is 0 Å². The molecule has 1 aromatic carbocycles. The Labute approximate surface area is 99.6 Å². The van der Waals surface area contributed by atoms with Crippen molar-refractivity contribution in [3.63, 3.8) is 0 Å². The first-order chi connectivity index (χ1) is 7.66. The molecule has 0 aliphatic rings. The van der Waals surface area contributed by atoms with E-state index in [9.17, 15) is 8.60 Å². The molecule has 2 nitrogen and oxygen atoms in total. The summed E-state index contributed by atoms with van der Waals surface area (Å²) in [5.41, 5.74) is 0.908. The van der Waals surface area contributed by atoms with E-state index < -0.39 is 16.6 Å². The predicted octanol–water partition coefficient (Wildman–Crippen LogP) is 2.90. The minimum absolute atomic E-state index is 0.246. The van der Waals surface area contributed by atoms with E-state index in [1.165, 1.54) is 17.4 Å². The van der Waals surface area contributed by atoms with Gasteiger partial charge in [-0.15, -0.1) is 11.3 Å². The van der Waals surface area contributed by atoms with Crippen molar-refractivity contribution in [2.75, 3.05) is 0 Å². The van der Waals surface area contributed by atoms with E-state index in [1.807, 2.05) is 12.3 Å². The molecule has 16 heavy (non-hydrogen) atoms. The van der Waals surface area contributed by atoms with Gasteiger partial charge in [0.2, 0.25) is 0 Å². The zero-order valence-electron chi connectivity index (χ0n) is 8.64. The molecule has 84 valence electrons. The normalized spacial score (nSPS) is 12.6. The lowest BCUT2D eigenvalue weighted by atomic mass is 10.3. The van der Waals surface area contributed by atoms with Crippen molar-refractivity contribution < 1.29 is 8.60 Å². The van der Waals surface area contributed by atoms with Crippen LogP contribution in [0.1, 0.15) is 10.7 Å². The minimum Gasteiger partial charge on any atom is -0.254 e. The number of aromatic nitrogens is 1. The molecule has 0 N–H and O–H groups in total. The van der Waals surface area contributed by atoms with Gasteiger partial charge in [-0.3, -0.25) is 4.21 Å². The third-order valence-corrected chi connectivity index (χ3v) is 4.51. The summed E-state index contributed by atoms with van der Waals surface area (Å²) < 4.78 is 25.2. The number of hydrogen-bond acceptors (Lipinski definition) is 3. The number of benzene rings is 1. The lowest BCUT2D eigenvalue weighted by Gasteiger charge is -2.00. The van der Waals surface area contributed by atoms with Crippen LogP contribution in [0, 0.1) is 12.7 Å². The van der Waals surface area contributed by atoms with Gasteiger partial charge in [0, 0.05) is 11.1 Å². The predicted molar refractivity (Wildman–Crippen MR) is 63.4 cm³/mol. The summed E-state index contributed by atoms with van der Waals surface area (Å²) in [7, 11) is -1.36. The molecule has 1 atom stereocenters. The number of hydrogen-bond donors (Lipinski definition) is 0. The van der Waals surface area contributed by atoms with Crippen LogP contribution in [0.15, 0.2) is 34.5 Å². The second-order valence-electron chi connectivity index (χ2n) is 3.30. The van der Waals surface area contributed by atoms with E-state index in [4.69, 9.17) is 0 Å². The highest BCUT2D eigenvalue weighted by atomic mass is 32.2. The average molecular weight is 255 g/mol. The Kier molecular flexibility index (Phi) is 3.46. The van der Waals surface area contributed by atoms with Gasteiger partial charge in [0.25, 0.3) is 0 Å². The van der Waals surface area contributed by atoms with Crippen LogP contribution in [0.2, 0.25) is 0 Å². The van der Waals surface area contributed by atoms with Crippen LogP contribution in [0.5, 0.6) is 0 Å². The topological polar surface area (TPSA) is 30.0 Å². The Morgan fingerprint density at radius 3 is 2.81 bits per heavy atom. The van der Waals surface area contributed by atoms with E-state index in [1.54, 1.807) is 18.2 Å². The molecule has 0 fully saturated rings. The third-order valence-electron chi connectivity index (χ3n) is 2.00. The Morgan fingerprint density at radius 2 is 2.19 bits per heavy atom. The summed E-state index contributed by atoms with van der Waals surface area (Å²) in [4.78, 5) is 4.45. The third kappa shape index (κ3) is 2.54. The van der Waals surface area contributed by atoms with Gasteiger partial charge in [-0.1, -0.05) is 12.1 Å². The zero-order valence-corrected chi connectivity index (χ0v) is 10.3. The van der Waals surface area contributed by atoms with Crippen molar-refractivity contribution in [2.45, 2.75) is 17.6 Å². The number of nitrogens with zero attached hydrogens (tertiary/aromatic N) is 1. The van der Waals surface area contributed by atoms with Gasteiger partial charge in [0.05, 0.1) is 21.4 Å². The molecule has 0 saturated carbocycles. The molecule has 0 bridgehead atoms. The van der Waals surface area contributed by atoms with E-state index in [2.05, 4.69) is 4.98 Å². The summed E-state index contributed by atoms with van der Waals surface area (Å²) in [6, 6.07) is 6.14. The average Bonchev–Trinajstić information content (AvgIpc) is 2.64. The fraction of sp³-hybridized carbons (Fsp3) is 0.182. The number of aryl methyl sites for hydroxylation is 1. The quantitative estimate of drug-likeness (QED) is 0.844. The maximum absolute atomic E-state index is 13.3. The summed E-state index contributed by atoms with van der Waals surface area (Å²) in [5, 5.41) is 2.67. The van der Waals surface area contributed by atoms with Crippen molar-refractivity contribution in [1.82, 2.24) is 4.98 Å². The highest BCUT2D eigenvalue weighted by Crippen LogP contribution is 2.17. The van der Waals surface area contributed by atoms with Crippen LogP contribution >= 0.6 is 11.3 Å². The van der Waals surface area contributed by atoms with E-state index in [-0.39, 0.29) is 10.6 Å².